The third kappa shape index (κ3) is 3.04. The van der Waals surface area contributed by atoms with Crippen LogP contribution in [0, 0.1) is 0 Å². The minimum absolute atomic E-state index is 0.0208. The van der Waals surface area contributed by atoms with E-state index < -0.39 is 17.6 Å². The first-order chi connectivity index (χ1) is 7.95. The van der Waals surface area contributed by atoms with Crippen LogP contribution in [-0.4, -0.2) is 31.0 Å². The van der Waals surface area contributed by atoms with Crippen molar-refractivity contribution in [2.24, 2.45) is 0 Å². The Morgan fingerprint density at radius 1 is 1.65 bits per heavy atom. The molecule has 0 radical (unpaired) electrons. The molecule has 0 amide bonds. The second-order valence-corrected chi connectivity index (χ2v) is 4.30. The van der Waals surface area contributed by atoms with Crippen molar-refractivity contribution in [2.45, 2.75) is 18.4 Å². The van der Waals surface area contributed by atoms with Gasteiger partial charge in [0.05, 0.1) is 7.11 Å². The fourth-order valence-corrected chi connectivity index (χ4v) is 2.00. The predicted molar refractivity (Wildman–Crippen MR) is 61.1 cm³/mol. The van der Waals surface area contributed by atoms with E-state index in [4.69, 9.17) is 11.6 Å². The molecule has 0 saturated carbocycles. The Morgan fingerprint density at radius 2 is 2.29 bits per heavy atom. The van der Waals surface area contributed by atoms with E-state index in [1.807, 2.05) is 0 Å². The first-order valence-electron chi connectivity index (χ1n) is 5.04. The number of hydrogen-bond acceptors (Lipinski definition) is 3. The highest BCUT2D eigenvalue weighted by atomic mass is 35.5. The summed E-state index contributed by atoms with van der Waals surface area (Å²) in [5, 5.41) is 2.79. The van der Waals surface area contributed by atoms with Crippen molar-refractivity contribution in [2.75, 3.05) is 19.5 Å². The number of ether oxygens (including phenoxy) is 1. The summed E-state index contributed by atoms with van der Waals surface area (Å²) in [6, 6.07) is 0. The molecule has 1 rings (SSSR count). The van der Waals surface area contributed by atoms with Crippen molar-refractivity contribution in [1.82, 2.24) is 5.32 Å². The van der Waals surface area contributed by atoms with E-state index in [9.17, 15) is 13.6 Å². The lowest BCUT2D eigenvalue weighted by Gasteiger charge is -2.26. The summed E-state index contributed by atoms with van der Waals surface area (Å²) >= 11 is 5.60. The van der Waals surface area contributed by atoms with Gasteiger partial charge in [-0.25, -0.2) is 0 Å². The zero-order valence-electron chi connectivity index (χ0n) is 9.49. The van der Waals surface area contributed by atoms with Crippen LogP contribution in [0.3, 0.4) is 0 Å². The normalized spacial score (nSPS) is 23.6. The maximum atomic E-state index is 12.5. The maximum absolute atomic E-state index is 12.5. The van der Waals surface area contributed by atoms with Crippen molar-refractivity contribution in [3.05, 3.63) is 23.8 Å². The average molecular weight is 266 g/mol. The van der Waals surface area contributed by atoms with Gasteiger partial charge in [-0.1, -0.05) is 12.2 Å². The molecule has 1 aliphatic rings. The Hall–Kier alpha value is -0.940. The summed E-state index contributed by atoms with van der Waals surface area (Å²) < 4.78 is 29.7. The first kappa shape index (κ1) is 14.1. The molecular formula is C11H14ClF2NO2. The molecule has 0 aliphatic carbocycles. The van der Waals surface area contributed by atoms with Crippen LogP contribution in [0.25, 0.3) is 0 Å². The molecule has 1 atom stereocenters. The third-order valence-electron chi connectivity index (χ3n) is 2.74. The van der Waals surface area contributed by atoms with Crippen LogP contribution in [0.5, 0.6) is 0 Å². The lowest BCUT2D eigenvalue weighted by atomic mass is 9.89. The number of carbonyl (C=O) groups excluding carboxylic acids is 1. The van der Waals surface area contributed by atoms with Crippen molar-refractivity contribution >= 4 is 17.6 Å². The first-order valence-corrected chi connectivity index (χ1v) is 5.57. The Labute approximate surface area is 103 Å². The Balaban J connectivity index is 2.94. The number of halogens is 3. The summed E-state index contributed by atoms with van der Waals surface area (Å²) in [5.74, 6) is -0.391. The van der Waals surface area contributed by atoms with Crippen molar-refractivity contribution in [3.63, 3.8) is 0 Å². The number of esters is 1. The van der Waals surface area contributed by atoms with Gasteiger partial charge in [0.2, 0.25) is 0 Å². The number of nitrogens with one attached hydrogen (secondary N) is 1. The van der Waals surface area contributed by atoms with E-state index >= 15 is 0 Å². The van der Waals surface area contributed by atoms with Crippen molar-refractivity contribution in [1.29, 1.82) is 0 Å². The average Bonchev–Trinajstić information content (AvgIpc) is 2.73. The second-order valence-electron chi connectivity index (χ2n) is 4.03. The van der Waals surface area contributed by atoms with Crippen LogP contribution in [0.4, 0.5) is 8.78 Å². The van der Waals surface area contributed by atoms with Crippen LogP contribution >= 0.6 is 11.6 Å². The van der Waals surface area contributed by atoms with Crippen LogP contribution in [0.2, 0.25) is 0 Å². The number of alkyl halides is 1. The summed E-state index contributed by atoms with van der Waals surface area (Å²) in [4.78, 5) is 11.7. The summed E-state index contributed by atoms with van der Waals surface area (Å²) in [7, 11) is 1.22. The molecule has 0 aromatic rings. The zero-order valence-corrected chi connectivity index (χ0v) is 10.2. The Kier molecular flexibility index (Phi) is 4.65. The van der Waals surface area contributed by atoms with E-state index in [1.54, 1.807) is 0 Å². The molecule has 1 fully saturated rings. The smallest absolute Gasteiger partial charge is 0.326 e. The van der Waals surface area contributed by atoms with Crippen LogP contribution in [0.15, 0.2) is 23.8 Å². The summed E-state index contributed by atoms with van der Waals surface area (Å²) in [6.45, 7) is 3.66. The Bertz CT molecular complexity index is 366. The van der Waals surface area contributed by atoms with Crippen molar-refractivity contribution < 1.29 is 18.3 Å². The molecule has 1 N–H and O–H groups in total. The molecule has 1 heterocycles. The van der Waals surface area contributed by atoms with Gasteiger partial charge >= 0.3 is 5.97 Å². The molecule has 1 unspecified atom stereocenters. The minimum Gasteiger partial charge on any atom is -0.468 e. The number of carbonyl (C=O) groups is 1. The molecule has 1 saturated heterocycles. The molecule has 0 aromatic heterocycles. The highest BCUT2D eigenvalue weighted by molar-refractivity contribution is 6.19. The maximum Gasteiger partial charge on any atom is 0.326 e. The highest BCUT2D eigenvalue weighted by Gasteiger charge is 2.45. The molecule has 6 heteroatoms. The quantitative estimate of drug-likeness (QED) is 0.481. The molecule has 0 spiro atoms. The lowest BCUT2D eigenvalue weighted by molar-refractivity contribution is -0.147. The van der Waals surface area contributed by atoms with Gasteiger partial charge in [0.1, 0.15) is 5.54 Å². The predicted octanol–water partition coefficient (Wildman–Crippen LogP) is 2.23. The molecule has 1 aliphatic heterocycles. The van der Waals surface area contributed by atoms with Gasteiger partial charge in [0.15, 0.2) is 0 Å². The van der Waals surface area contributed by atoms with Gasteiger partial charge in [-0.3, -0.25) is 10.1 Å². The van der Waals surface area contributed by atoms with Crippen LogP contribution < -0.4 is 5.32 Å². The topological polar surface area (TPSA) is 38.3 Å². The van der Waals surface area contributed by atoms with Gasteiger partial charge < -0.3 is 4.74 Å². The monoisotopic (exact) mass is 265 g/mol. The highest BCUT2D eigenvalue weighted by Crippen LogP contribution is 2.33. The van der Waals surface area contributed by atoms with Gasteiger partial charge in [-0.2, -0.15) is 8.78 Å². The van der Waals surface area contributed by atoms with Gasteiger partial charge in [-0.05, 0) is 6.42 Å². The van der Waals surface area contributed by atoms with E-state index in [0.717, 1.165) is 0 Å². The molecule has 17 heavy (non-hydrogen) atoms. The molecule has 0 aromatic carbocycles. The Morgan fingerprint density at radius 3 is 2.71 bits per heavy atom. The number of methoxy groups -OCH3 is 1. The van der Waals surface area contributed by atoms with E-state index in [0.29, 0.717) is 5.57 Å². The van der Waals surface area contributed by atoms with E-state index in [1.165, 1.54) is 7.11 Å². The summed E-state index contributed by atoms with van der Waals surface area (Å²) in [6.07, 6.45) is -1.63. The largest absolute Gasteiger partial charge is 0.468 e. The molecular weight excluding hydrogens is 252 g/mol. The molecule has 3 nitrogen and oxygen atoms in total. The number of rotatable bonds is 4. The molecule has 96 valence electrons. The summed E-state index contributed by atoms with van der Waals surface area (Å²) in [5.41, 5.74) is -0.623. The minimum atomic E-state index is -1.75. The van der Waals surface area contributed by atoms with Crippen LogP contribution in [-0.2, 0) is 9.53 Å². The van der Waals surface area contributed by atoms with Gasteiger partial charge in [0.25, 0.3) is 6.08 Å². The standard InChI is InChI=1S/C11H14ClF2NO2/c1-7(5-12)3-11(10(16)17-2)4-8(6-15-11)9(13)14/h15H,1,3-6H2,2H3. The third-order valence-corrected chi connectivity index (χ3v) is 3.12. The number of hydrogen-bond donors (Lipinski definition) is 1. The fraction of sp³-hybridized carbons (Fsp3) is 0.545. The lowest BCUT2D eigenvalue weighted by Crippen LogP contribution is -2.48. The van der Waals surface area contributed by atoms with Gasteiger partial charge in [-0.15, -0.1) is 11.6 Å². The second kappa shape index (κ2) is 5.60. The SMILES string of the molecule is C=C(CCl)CC1(C(=O)OC)CC(=C(F)F)CN1. The van der Waals surface area contributed by atoms with Crippen molar-refractivity contribution in [3.8, 4) is 0 Å². The molecule has 0 bridgehead atoms. The fourth-order valence-electron chi connectivity index (χ4n) is 1.91. The van der Waals surface area contributed by atoms with E-state index in [-0.39, 0.29) is 30.8 Å². The van der Waals surface area contributed by atoms with Gasteiger partial charge in [0, 0.05) is 24.4 Å². The van der Waals surface area contributed by atoms with Crippen LogP contribution in [0.1, 0.15) is 12.8 Å². The van der Waals surface area contributed by atoms with E-state index in [2.05, 4.69) is 16.6 Å². The zero-order chi connectivity index (χ0) is 13.1.